The third-order valence-corrected chi connectivity index (χ3v) is 10.9. The predicted molar refractivity (Wildman–Crippen MR) is 241 cm³/mol. The minimum atomic E-state index is -0.662. The van der Waals surface area contributed by atoms with Crippen LogP contribution in [0.1, 0.15) is 92.6 Å². The maximum atomic E-state index is 13.8. The standard InChI is InChI=1S/C43H53N13O6.ClH/c1-6-55-32(19-25(3)51-55)40(59)49-42-47-30-21-28(38(44)57)23-34(61-5)36(30)53(42)16-8-9-17-54-37-31(48-43(54)50-41(60)33-20-26(4)52-56(33)7-2)22-29(39(45)58)24-35(37)62-18-10-11-27-12-14-46-15-13-27;/h8-9,19-24,27,46H,6-7,10-18H2,1-5H3,(H2,44,57)(H2,45,58)(H,47,49,59)(H,48,50,60);1H/b9-8+;. The number of carbonyl (C=O) groups is 4. The van der Waals surface area contributed by atoms with Gasteiger partial charge in [0.25, 0.3) is 11.8 Å². The van der Waals surface area contributed by atoms with E-state index in [1.165, 1.54) is 13.2 Å². The first-order chi connectivity index (χ1) is 29.9. The maximum absolute atomic E-state index is 13.8. The highest BCUT2D eigenvalue weighted by molar-refractivity contribution is 6.05. The van der Waals surface area contributed by atoms with Gasteiger partial charge in [0.05, 0.1) is 36.1 Å². The first-order valence-electron chi connectivity index (χ1n) is 20.8. The van der Waals surface area contributed by atoms with E-state index in [-0.39, 0.29) is 48.5 Å². The van der Waals surface area contributed by atoms with Gasteiger partial charge in [0.15, 0.2) is 0 Å². The normalized spacial score (nSPS) is 13.1. The molecule has 20 heteroatoms. The van der Waals surface area contributed by atoms with Crippen molar-refractivity contribution in [2.75, 3.05) is 37.4 Å². The van der Waals surface area contributed by atoms with Crippen molar-refractivity contribution in [1.82, 2.24) is 44.0 Å². The number of halogens is 1. The SMILES string of the molecule is CCn1nc(C)cc1C(=O)Nc1nc2cc(C(N)=O)cc(OC)c2n1C/C=C/Cn1c(NC(=O)c2cc(C)nn2CC)nc2cc(C(N)=O)cc(OCCCC3CCNCC3)c21.Cl. The van der Waals surface area contributed by atoms with E-state index in [9.17, 15) is 19.2 Å². The van der Waals surface area contributed by atoms with Crippen LogP contribution in [0.15, 0.2) is 48.6 Å². The second-order valence-electron chi connectivity index (χ2n) is 15.2. The summed E-state index contributed by atoms with van der Waals surface area (Å²) in [4.78, 5) is 61.8. The quantitative estimate of drug-likeness (QED) is 0.0569. The van der Waals surface area contributed by atoms with Gasteiger partial charge in [-0.25, -0.2) is 9.97 Å². The number of primary amides is 2. The summed E-state index contributed by atoms with van der Waals surface area (Å²) in [6.07, 6.45) is 7.80. The third kappa shape index (κ3) is 9.99. The number of carbonyl (C=O) groups excluding carboxylic acids is 4. The van der Waals surface area contributed by atoms with E-state index in [1.54, 1.807) is 48.8 Å². The van der Waals surface area contributed by atoms with E-state index in [2.05, 4.69) is 26.1 Å². The molecule has 0 atom stereocenters. The van der Waals surface area contributed by atoms with Gasteiger partial charge in [-0.2, -0.15) is 10.2 Å². The lowest BCUT2D eigenvalue weighted by molar-refractivity contribution is 0.0991. The molecular formula is C43H54ClN13O6. The molecule has 1 fully saturated rings. The topological polar surface area (TPSA) is 246 Å². The van der Waals surface area contributed by atoms with Crippen molar-refractivity contribution >= 4 is 70.0 Å². The second kappa shape index (κ2) is 20.0. The zero-order valence-corrected chi connectivity index (χ0v) is 36.9. The van der Waals surface area contributed by atoms with Crippen LogP contribution >= 0.6 is 12.4 Å². The lowest BCUT2D eigenvalue weighted by Crippen LogP contribution is -2.27. The highest BCUT2D eigenvalue weighted by atomic mass is 35.5. The number of amides is 4. The van der Waals surface area contributed by atoms with Gasteiger partial charge in [-0.05, 0) is 109 Å². The summed E-state index contributed by atoms with van der Waals surface area (Å²) in [5.41, 5.74) is 15.8. The Morgan fingerprint density at radius 2 is 1.24 bits per heavy atom. The fourth-order valence-corrected chi connectivity index (χ4v) is 7.91. The summed E-state index contributed by atoms with van der Waals surface area (Å²) in [6, 6.07) is 9.67. The summed E-state index contributed by atoms with van der Waals surface area (Å²) >= 11 is 0. The molecular weight excluding hydrogens is 830 g/mol. The average Bonchev–Trinajstić information content (AvgIpc) is 4.03. The molecule has 19 nitrogen and oxygen atoms in total. The number of benzene rings is 2. The van der Waals surface area contributed by atoms with Crippen molar-refractivity contribution < 1.29 is 28.7 Å². The molecule has 63 heavy (non-hydrogen) atoms. The zero-order valence-electron chi connectivity index (χ0n) is 36.1. The fraction of sp³-hybridized carbons (Fsp3) is 0.395. The van der Waals surface area contributed by atoms with Crippen molar-refractivity contribution in [1.29, 1.82) is 0 Å². The lowest BCUT2D eigenvalue weighted by Gasteiger charge is -2.22. The summed E-state index contributed by atoms with van der Waals surface area (Å²) in [6.45, 7) is 11.2. The average molecular weight is 884 g/mol. The van der Waals surface area contributed by atoms with Crippen LogP contribution in [0.25, 0.3) is 22.1 Å². The smallest absolute Gasteiger partial charge is 0.276 e. The molecule has 7 N–H and O–H groups in total. The number of imidazole rings is 2. The number of hydrogen-bond acceptors (Lipinski definition) is 11. The number of methoxy groups -OCH3 is 1. The highest BCUT2D eigenvalue weighted by Crippen LogP contribution is 2.33. The van der Waals surface area contributed by atoms with Crippen molar-refractivity contribution in [2.24, 2.45) is 17.4 Å². The Morgan fingerprint density at radius 3 is 1.70 bits per heavy atom. The van der Waals surface area contributed by atoms with E-state index >= 15 is 0 Å². The van der Waals surface area contributed by atoms with Crippen molar-refractivity contribution in [2.45, 2.75) is 79.6 Å². The molecule has 6 aromatic rings. The third-order valence-electron chi connectivity index (χ3n) is 10.9. The Kier molecular flexibility index (Phi) is 14.5. The van der Waals surface area contributed by atoms with Crippen molar-refractivity contribution in [3.63, 3.8) is 0 Å². The number of hydrogen-bond donors (Lipinski definition) is 5. The van der Waals surface area contributed by atoms with Crippen LogP contribution in [0.2, 0.25) is 0 Å². The van der Waals surface area contributed by atoms with Crippen molar-refractivity contribution in [3.8, 4) is 11.5 Å². The molecule has 4 amide bonds. The van der Waals surface area contributed by atoms with Gasteiger partial charge in [-0.1, -0.05) is 12.2 Å². The first-order valence-corrected chi connectivity index (χ1v) is 20.8. The highest BCUT2D eigenvalue weighted by Gasteiger charge is 2.24. The molecule has 4 aromatic heterocycles. The summed E-state index contributed by atoms with van der Waals surface area (Å²) in [5, 5.41) is 18.1. The molecule has 0 aliphatic carbocycles. The number of aryl methyl sites for hydroxylation is 4. The maximum Gasteiger partial charge on any atom is 0.276 e. The van der Waals surface area contributed by atoms with Crippen LogP contribution in [0.4, 0.5) is 11.9 Å². The Hall–Kier alpha value is -6.73. The minimum Gasteiger partial charge on any atom is -0.494 e. The molecule has 0 bridgehead atoms. The Balaban J connectivity index is 0.00000661. The summed E-state index contributed by atoms with van der Waals surface area (Å²) in [7, 11) is 1.47. The van der Waals surface area contributed by atoms with E-state index in [0.717, 1.165) is 38.8 Å². The number of fused-ring (bicyclic) bond motifs is 2. The van der Waals surface area contributed by atoms with Crippen LogP contribution in [-0.4, -0.2) is 89.1 Å². The lowest BCUT2D eigenvalue weighted by atomic mass is 9.93. The van der Waals surface area contributed by atoms with Gasteiger partial charge in [0.1, 0.15) is 33.9 Å². The van der Waals surface area contributed by atoms with Crippen LogP contribution < -0.4 is 36.9 Å². The van der Waals surface area contributed by atoms with Crippen molar-refractivity contribution in [3.05, 3.63) is 82.5 Å². The number of nitrogens with two attached hydrogens (primary N) is 2. The first kappa shape index (κ1) is 45.8. The molecule has 7 rings (SSSR count). The van der Waals surface area contributed by atoms with E-state index in [4.69, 9.17) is 30.9 Å². The molecule has 1 saturated heterocycles. The van der Waals surface area contributed by atoms with Crippen LogP contribution in [0, 0.1) is 19.8 Å². The molecule has 1 aliphatic rings. The Bertz CT molecular complexity index is 2690. The molecule has 0 spiro atoms. The van der Waals surface area contributed by atoms with E-state index < -0.39 is 23.6 Å². The predicted octanol–water partition coefficient (Wildman–Crippen LogP) is 4.98. The van der Waals surface area contributed by atoms with Gasteiger partial charge >= 0.3 is 0 Å². The number of nitrogens with zero attached hydrogens (tertiary/aromatic N) is 8. The number of allylic oxidation sites excluding steroid dienone is 2. The molecule has 0 unspecified atom stereocenters. The van der Waals surface area contributed by atoms with Gasteiger partial charge in [0.2, 0.25) is 23.7 Å². The van der Waals surface area contributed by atoms with Gasteiger partial charge in [-0.3, -0.25) is 39.2 Å². The van der Waals surface area contributed by atoms with E-state index in [1.807, 2.05) is 39.8 Å². The minimum absolute atomic E-state index is 0. The largest absolute Gasteiger partial charge is 0.494 e. The number of piperidine rings is 1. The molecule has 5 heterocycles. The number of aromatic nitrogens is 8. The summed E-state index contributed by atoms with van der Waals surface area (Å²) in [5.74, 6) is -0.398. The number of anilines is 2. The van der Waals surface area contributed by atoms with Crippen LogP contribution in [0.3, 0.4) is 0 Å². The molecule has 334 valence electrons. The number of rotatable bonds is 18. The van der Waals surface area contributed by atoms with Gasteiger partial charge in [0, 0.05) is 37.3 Å². The molecule has 0 saturated carbocycles. The second-order valence-corrected chi connectivity index (χ2v) is 15.2. The van der Waals surface area contributed by atoms with Gasteiger partial charge < -0.3 is 35.4 Å². The Morgan fingerprint density at radius 1 is 0.762 bits per heavy atom. The van der Waals surface area contributed by atoms with Crippen LogP contribution in [-0.2, 0) is 26.2 Å². The van der Waals surface area contributed by atoms with E-state index in [0.29, 0.717) is 82.0 Å². The van der Waals surface area contributed by atoms with Gasteiger partial charge in [-0.15, -0.1) is 12.4 Å². The Labute approximate surface area is 370 Å². The number of ether oxygens (including phenoxy) is 2. The molecule has 0 radical (unpaired) electrons. The molecule has 2 aromatic carbocycles. The van der Waals surface area contributed by atoms with Crippen LogP contribution in [0.5, 0.6) is 11.5 Å². The number of nitrogens with one attached hydrogen (secondary N) is 3. The zero-order chi connectivity index (χ0) is 44.1. The summed E-state index contributed by atoms with van der Waals surface area (Å²) < 4.78 is 18.9. The monoisotopic (exact) mass is 883 g/mol. The fourth-order valence-electron chi connectivity index (χ4n) is 7.91. The molecule has 1 aliphatic heterocycles.